The van der Waals surface area contributed by atoms with E-state index in [2.05, 4.69) is 53.7 Å². The van der Waals surface area contributed by atoms with Crippen LogP contribution >= 0.6 is 0 Å². The van der Waals surface area contributed by atoms with Gasteiger partial charge >= 0.3 is 0 Å². The van der Waals surface area contributed by atoms with Crippen molar-refractivity contribution in [2.45, 2.75) is 90.7 Å². The number of nitrogens with one attached hydrogen (secondary N) is 3. The Kier molecular flexibility index (Phi) is 8.94. The van der Waals surface area contributed by atoms with Crippen molar-refractivity contribution in [2.24, 2.45) is 34.5 Å². The van der Waals surface area contributed by atoms with Gasteiger partial charge in [-0.15, -0.1) is 0 Å². The van der Waals surface area contributed by atoms with Crippen LogP contribution < -0.4 is 10.6 Å². The van der Waals surface area contributed by atoms with E-state index in [-0.39, 0.29) is 11.3 Å². The number of carbonyl (C=O) groups is 2. The monoisotopic (exact) mass is 669 g/mol. The molecule has 0 spiro atoms. The molecule has 0 unspecified atom stereocenters. The first-order valence-corrected chi connectivity index (χ1v) is 18.9. The van der Waals surface area contributed by atoms with E-state index in [0.717, 1.165) is 72.3 Å². The number of benzene rings is 2. The lowest BCUT2D eigenvalue weighted by Crippen LogP contribution is -2.54. The highest BCUT2D eigenvalue weighted by molar-refractivity contribution is 6.10. The molecule has 262 valence electrons. The Balaban J connectivity index is 0.775. The van der Waals surface area contributed by atoms with Crippen LogP contribution in [0.1, 0.15) is 93.1 Å². The lowest BCUT2D eigenvalue weighted by Gasteiger charge is -2.60. The minimum Gasteiger partial charge on any atom is -0.378 e. The molecule has 8 heteroatoms. The number of hydrogen-bond acceptors (Lipinski definition) is 5. The van der Waals surface area contributed by atoms with Crippen molar-refractivity contribution in [3.8, 4) is 11.3 Å². The van der Waals surface area contributed by atoms with Gasteiger partial charge < -0.3 is 25.1 Å². The summed E-state index contributed by atoms with van der Waals surface area (Å²) in [6.07, 6.45) is 11.3. The molecule has 4 saturated carbocycles. The summed E-state index contributed by atoms with van der Waals surface area (Å²) >= 11 is 0. The zero-order valence-electron chi connectivity index (χ0n) is 29.2. The van der Waals surface area contributed by atoms with Gasteiger partial charge in [-0.05, 0) is 115 Å². The molecule has 4 aliphatic carbocycles. The average molecular weight is 670 g/mol. The molecule has 4 fully saturated rings. The van der Waals surface area contributed by atoms with Crippen molar-refractivity contribution in [3.05, 3.63) is 58.9 Å². The van der Waals surface area contributed by atoms with E-state index in [9.17, 15) is 14.0 Å². The highest BCUT2D eigenvalue weighted by Gasteiger charge is 2.60. The van der Waals surface area contributed by atoms with Crippen molar-refractivity contribution in [1.82, 2.24) is 15.6 Å². The van der Waals surface area contributed by atoms with Gasteiger partial charge in [0.25, 0.3) is 5.91 Å². The normalized spacial score (nSPS) is 32.3. The van der Waals surface area contributed by atoms with Crippen LogP contribution in [0.2, 0.25) is 0 Å². The quantitative estimate of drug-likeness (QED) is 0.196. The fourth-order valence-corrected chi connectivity index (χ4v) is 11.2. The Morgan fingerprint density at radius 3 is 2.61 bits per heavy atom. The van der Waals surface area contributed by atoms with Crippen LogP contribution in [0.15, 0.2) is 36.4 Å². The molecule has 1 amide bonds. The number of Topliss-reactive ketones (excluding diaryl/α,β-unsaturated/α-hetero) is 1. The Hall–Kier alpha value is -3.07. The second kappa shape index (κ2) is 13.2. The zero-order chi connectivity index (χ0) is 33.8. The number of fused-ring (bicyclic) bond motifs is 5. The van der Waals surface area contributed by atoms with E-state index in [0.29, 0.717) is 67.1 Å². The van der Waals surface area contributed by atoms with Gasteiger partial charge in [-0.25, -0.2) is 4.39 Å². The maximum atomic E-state index is 14.3. The number of aromatic nitrogens is 1. The van der Waals surface area contributed by atoms with Crippen LogP contribution in [0.25, 0.3) is 22.2 Å². The maximum absolute atomic E-state index is 14.3. The van der Waals surface area contributed by atoms with E-state index in [1.165, 1.54) is 56.2 Å². The standard InChI is InChI=1S/C41H52FN3O4/c1-40-14-11-29(46)21-27(40)7-8-30-33-9-10-36(41(33,2)15-12-34(30)40)49-20-19-48-18-17-43-24-25-3-5-26(6-4-25)38-31-13-16-44-39(47)32-22-28(42)23-35(45-38)37(31)32/h3-6,22-23,27,30,33-34,36,43,45H,7-21,24H2,1-2H3,(H,44,47)/t27-,30-,33-,34-,36-,40-,41-/m0/s1. The Morgan fingerprint density at radius 2 is 1.76 bits per heavy atom. The molecule has 3 aromatic rings. The highest BCUT2D eigenvalue weighted by Crippen LogP contribution is 2.66. The molecule has 1 aromatic heterocycles. The first-order valence-electron chi connectivity index (χ1n) is 18.9. The van der Waals surface area contributed by atoms with Gasteiger partial charge in [-0.2, -0.15) is 0 Å². The molecule has 49 heavy (non-hydrogen) atoms. The largest absolute Gasteiger partial charge is 0.378 e. The molecule has 2 heterocycles. The summed E-state index contributed by atoms with van der Waals surface area (Å²) in [5.41, 5.74) is 5.90. The SMILES string of the molecule is C[C@]12CCC(=O)C[C@@H]1CC[C@@H]1[C@@H]2CC[C@]2(C)[C@@H](OCCOCCNCc3ccc(-c4[nH]c5cc(F)cc6c5c4CCNC6=O)cc3)CC[C@@H]12. The molecule has 0 radical (unpaired) electrons. The third-order valence-corrected chi connectivity index (χ3v) is 13.8. The second-order valence-electron chi connectivity index (χ2n) is 16.2. The number of amides is 1. The second-order valence-corrected chi connectivity index (χ2v) is 16.2. The summed E-state index contributed by atoms with van der Waals surface area (Å²) in [6, 6.07) is 11.2. The molecular formula is C41H52FN3O4. The van der Waals surface area contributed by atoms with Gasteiger partial charge in [0.15, 0.2) is 0 Å². The van der Waals surface area contributed by atoms with Gasteiger partial charge in [0.2, 0.25) is 0 Å². The fourth-order valence-electron chi connectivity index (χ4n) is 11.2. The predicted octanol–water partition coefficient (Wildman–Crippen LogP) is 7.36. The number of H-pyrrole nitrogens is 1. The van der Waals surface area contributed by atoms with Gasteiger partial charge in [0.1, 0.15) is 11.6 Å². The third-order valence-electron chi connectivity index (χ3n) is 13.8. The predicted molar refractivity (Wildman–Crippen MR) is 189 cm³/mol. The van der Waals surface area contributed by atoms with Crippen LogP contribution in [-0.2, 0) is 27.2 Å². The number of halogens is 1. The minimum absolute atomic E-state index is 0.224. The summed E-state index contributed by atoms with van der Waals surface area (Å²) in [4.78, 5) is 28.1. The van der Waals surface area contributed by atoms with Gasteiger partial charge in [-0.1, -0.05) is 38.1 Å². The van der Waals surface area contributed by atoms with Crippen molar-refractivity contribution < 1.29 is 23.5 Å². The molecular weight excluding hydrogens is 617 g/mol. The van der Waals surface area contributed by atoms with Crippen molar-refractivity contribution >= 4 is 22.6 Å². The van der Waals surface area contributed by atoms with Crippen LogP contribution in [-0.4, -0.2) is 55.7 Å². The molecule has 7 atom stereocenters. The van der Waals surface area contributed by atoms with E-state index < -0.39 is 5.82 Å². The summed E-state index contributed by atoms with van der Waals surface area (Å²) in [7, 11) is 0. The molecule has 2 aromatic carbocycles. The first-order chi connectivity index (χ1) is 23.7. The Morgan fingerprint density at radius 1 is 0.918 bits per heavy atom. The van der Waals surface area contributed by atoms with Crippen LogP contribution in [0.5, 0.6) is 0 Å². The van der Waals surface area contributed by atoms with Crippen LogP contribution in [0.3, 0.4) is 0 Å². The Bertz CT molecular complexity index is 1720. The lowest BCUT2D eigenvalue weighted by molar-refractivity contribution is -0.146. The van der Waals surface area contributed by atoms with E-state index >= 15 is 0 Å². The number of aromatic amines is 1. The van der Waals surface area contributed by atoms with Crippen molar-refractivity contribution in [3.63, 3.8) is 0 Å². The molecule has 8 rings (SSSR count). The topological polar surface area (TPSA) is 92.4 Å². The lowest BCUT2D eigenvalue weighted by atomic mass is 9.45. The molecule has 0 saturated heterocycles. The van der Waals surface area contributed by atoms with E-state index in [4.69, 9.17) is 9.47 Å². The van der Waals surface area contributed by atoms with Crippen molar-refractivity contribution in [1.29, 1.82) is 0 Å². The molecule has 7 nitrogen and oxygen atoms in total. The summed E-state index contributed by atoms with van der Waals surface area (Å²) in [5.74, 6) is 2.82. The number of carbonyl (C=O) groups excluding carboxylic acids is 2. The molecule has 0 bridgehead atoms. The Labute approximate surface area is 289 Å². The highest BCUT2D eigenvalue weighted by atomic mass is 19.1. The molecule has 1 aliphatic heterocycles. The summed E-state index contributed by atoms with van der Waals surface area (Å²) in [5, 5.41) is 7.20. The number of hydrogen-bond donors (Lipinski definition) is 3. The molecule has 5 aliphatic rings. The fraction of sp³-hybridized carbons (Fsp3) is 0.610. The van der Waals surface area contributed by atoms with Gasteiger partial charge in [0, 0.05) is 49.1 Å². The number of rotatable bonds is 10. The maximum Gasteiger partial charge on any atom is 0.252 e. The molecule has 3 N–H and O–H groups in total. The third kappa shape index (κ3) is 5.95. The summed E-state index contributed by atoms with van der Waals surface area (Å²) in [6.45, 7) is 8.98. The van der Waals surface area contributed by atoms with E-state index in [1.54, 1.807) is 0 Å². The van der Waals surface area contributed by atoms with Crippen molar-refractivity contribution in [2.75, 3.05) is 32.9 Å². The smallest absolute Gasteiger partial charge is 0.252 e. The minimum atomic E-state index is -0.414. The zero-order valence-corrected chi connectivity index (χ0v) is 29.2. The van der Waals surface area contributed by atoms with Gasteiger partial charge in [0.05, 0.1) is 31.5 Å². The number of ketones is 1. The summed E-state index contributed by atoms with van der Waals surface area (Å²) < 4.78 is 26.8. The average Bonchev–Trinajstić information content (AvgIpc) is 3.57. The van der Waals surface area contributed by atoms with Gasteiger partial charge in [-0.3, -0.25) is 9.59 Å². The number of ether oxygens (including phenoxy) is 2. The van der Waals surface area contributed by atoms with Crippen LogP contribution in [0.4, 0.5) is 4.39 Å². The van der Waals surface area contributed by atoms with E-state index in [1.807, 2.05) is 0 Å². The van der Waals surface area contributed by atoms with Crippen LogP contribution in [0, 0.1) is 40.3 Å². The first kappa shape index (κ1) is 33.1.